The number of aromatic nitrogens is 2. The summed E-state index contributed by atoms with van der Waals surface area (Å²) in [7, 11) is 2.20. The lowest BCUT2D eigenvalue weighted by molar-refractivity contribution is -0.659. The number of pyridine rings is 2. The summed E-state index contributed by atoms with van der Waals surface area (Å²) in [5.41, 5.74) is 8.27. The van der Waals surface area contributed by atoms with E-state index in [1.165, 1.54) is 64.8 Å². The Bertz CT molecular complexity index is 1730. The zero-order valence-corrected chi connectivity index (χ0v) is 24.2. The topological polar surface area (TPSA) is 16.8 Å². The van der Waals surface area contributed by atoms with Crippen LogP contribution in [0.2, 0.25) is 0 Å². The maximum Gasteiger partial charge on any atom is 0.222 e. The Morgan fingerprint density at radius 1 is 0.838 bits per heavy atom. The first-order valence-corrected chi connectivity index (χ1v) is 14.2. The number of fused-ring (bicyclic) bond motifs is 5. The van der Waals surface area contributed by atoms with E-state index in [2.05, 4.69) is 115 Å². The highest BCUT2D eigenvalue weighted by Crippen LogP contribution is 2.53. The minimum atomic E-state index is 0.192. The molecule has 0 saturated carbocycles. The van der Waals surface area contributed by atoms with Crippen LogP contribution in [-0.4, -0.2) is 4.98 Å². The third kappa shape index (κ3) is 4.12. The lowest BCUT2D eigenvalue weighted by atomic mass is 9.83. The molecule has 0 saturated heterocycles. The summed E-state index contributed by atoms with van der Waals surface area (Å²) in [6.07, 6.45) is 4.25. The number of hydrogen-bond acceptors (Lipinski definition) is 2. The van der Waals surface area contributed by atoms with Gasteiger partial charge in [0, 0.05) is 32.3 Å². The summed E-state index contributed by atoms with van der Waals surface area (Å²) in [6, 6.07) is 18.2. The minimum Gasteiger partial charge on any atom is -0.252 e. The molecule has 5 aromatic rings. The van der Waals surface area contributed by atoms with E-state index in [9.17, 15) is 0 Å². The summed E-state index contributed by atoms with van der Waals surface area (Å²) in [5.74, 6) is 0. The van der Waals surface area contributed by atoms with Crippen molar-refractivity contribution in [2.45, 2.75) is 71.1 Å². The van der Waals surface area contributed by atoms with Crippen LogP contribution in [0.15, 0.2) is 64.5 Å². The first-order valence-electron chi connectivity index (χ1n) is 13.4. The molecule has 3 heterocycles. The first-order chi connectivity index (χ1) is 17.4. The molecule has 0 fully saturated rings. The van der Waals surface area contributed by atoms with E-state index >= 15 is 0 Å². The van der Waals surface area contributed by atoms with Gasteiger partial charge in [0.15, 0.2) is 6.20 Å². The van der Waals surface area contributed by atoms with Gasteiger partial charge in [0.25, 0.3) is 0 Å². The maximum absolute atomic E-state index is 5.23. The Morgan fingerprint density at radius 3 is 2.24 bits per heavy atom. The molecule has 188 valence electrons. The van der Waals surface area contributed by atoms with Crippen molar-refractivity contribution in [3.8, 4) is 11.3 Å². The highest BCUT2D eigenvalue weighted by atomic mass is 32.2. The van der Waals surface area contributed by atoms with Crippen molar-refractivity contribution < 1.29 is 4.57 Å². The summed E-state index contributed by atoms with van der Waals surface area (Å²) < 4.78 is 2.33. The molecule has 3 heteroatoms. The van der Waals surface area contributed by atoms with Crippen LogP contribution in [0.1, 0.15) is 58.4 Å². The Labute approximate surface area is 225 Å². The van der Waals surface area contributed by atoms with Crippen LogP contribution in [0.5, 0.6) is 0 Å². The minimum absolute atomic E-state index is 0.192. The van der Waals surface area contributed by atoms with Gasteiger partial charge in [-0.2, -0.15) is 0 Å². The van der Waals surface area contributed by atoms with Gasteiger partial charge in [0.2, 0.25) is 5.69 Å². The zero-order valence-electron chi connectivity index (χ0n) is 23.4. The molecule has 0 radical (unpaired) electrons. The Kier molecular flexibility index (Phi) is 5.48. The highest BCUT2D eigenvalue weighted by molar-refractivity contribution is 8.00. The fraction of sp³-hybridized carbons (Fsp3) is 0.353. The van der Waals surface area contributed by atoms with Crippen LogP contribution in [0, 0.1) is 17.8 Å². The van der Waals surface area contributed by atoms with Crippen LogP contribution < -0.4 is 4.57 Å². The SMILES string of the molecule is Cc1c2c(c(CC(C)(C)C)c3ccccc13)Sc1cc3ccc(CC(C)(C)C)nc3c3cc[n+](C)c-2c13. The van der Waals surface area contributed by atoms with Crippen molar-refractivity contribution in [2.75, 3.05) is 0 Å². The average Bonchev–Trinajstić information content (AvgIpc) is 2.81. The first kappa shape index (κ1) is 24.4. The largest absolute Gasteiger partial charge is 0.252 e. The molecule has 2 nitrogen and oxygen atoms in total. The summed E-state index contributed by atoms with van der Waals surface area (Å²) in [6.45, 7) is 16.2. The molecular formula is C34H37N2S+. The summed E-state index contributed by atoms with van der Waals surface area (Å²) in [4.78, 5) is 8.01. The molecule has 0 spiro atoms. The molecule has 0 bridgehead atoms. The van der Waals surface area contributed by atoms with Gasteiger partial charge in [0.1, 0.15) is 7.05 Å². The van der Waals surface area contributed by atoms with E-state index in [1.807, 2.05) is 11.8 Å². The van der Waals surface area contributed by atoms with Crippen molar-refractivity contribution in [3.63, 3.8) is 0 Å². The van der Waals surface area contributed by atoms with Crippen LogP contribution in [0.25, 0.3) is 43.7 Å². The summed E-state index contributed by atoms with van der Waals surface area (Å²) in [5, 5.41) is 6.60. The van der Waals surface area contributed by atoms with Gasteiger partial charge in [-0.1, -0.05) is 83.6 Å². The fourth-order valence-corrected chi connectivity index (χ4v) is 7.41. The van der Waals surface area contributed by atoms with Crippen LogP contribution >= 0.6 is 11.8 Å². The average molecular weight is 506 g/mol. The van der Waals surface area contributed by atoms with Crippen molar-refractivity contribution in [1.82, 2.24) is 4.98 Å². The van der Waals surface area contributed by atoms with Crippen LogP contribution in [0.4, 0.5) is 0 Å². The van der Waals surface area contributed by atoms with Crippen molar-refractivity contribution in [1.29, 1.82) is 0 Å². The molecule has 0 atom stereocenters. The lowest BCUT2D eigenvalue weighted by Gasteiger charge is -2.28. The van der Waals surface area contributed by atoms with Gasteiger partial charge in [-0.05, 0) is 64.6 Å². The number of aryl methyl sites for hydroxylation is 2. The zero-order chi connectivity index (χ0) is 26.3. The third-order valence-corrected chi connectivity index (χ3v) is 8.69. The monoisotopic (exact) mass is 505 g/mol. The smallest absolute Gasteiger partial charge is 0.222 e. The molecule has 6 rings (SSSR count). The molecule has 1 aliphatic heterocycles. The predicted molar refractivity (Wildman–Crippen MR) is 159 cm³/mol. The van der Waals surface area contributed by atoms with Gasteiger partial charge in [-0.3, -0.25) is 4.98 Å². The van der Waals surface area contributed by atoms with Gasteiger partial charge < -0.3 is 0 Å². The standard InChI is InChI=1S/C34H37N2S/c1-20-23-11-9-10-12-24(23)26(19-34(5,6)7)32-28(20)31-29-25(15-16-36(31)8)30-21(17-27(29)37-32)13-14-22(35-30)18-33(2,3)4/h9-17H,18-19H2,1-8H3/q+1. The molecule has 37 heavy (non-hydrogen) atoms. The second-order valence-corrected chi connectivity index (χ2v) is 14.3. The summed E-state index contributed by atoms with van der Waals surface area (Å²) >= 11 is 1.97. The van der Waals surface area contributed by atoms with Crippen LogP contribution in [-0.2, 0) is 19.9 Å². The quantitative estimate of drug-likeness (QED) is 0.172. The van der Waals surface area contributed by atoms with Gasteiger partial charge >= 0.3 is 0 Å². The van der Waals surface area contributed by atoms with Crippen molar-refractivity contribution in [3.05, 3.63) is 71.5 Å². The number of nitrogens with zero attached hydrogens (tertiary/aromatic N) is 2. The Balaban J connectivity index is 1.72. The molecule has 0 aliphatic carbocycles. The molecule has 0 unspecified atom stereocenters. The van der Waals surface area contributed by atoms with Gasteiger partial charge in [-0.15, -0.1) is 0 Å². The highest BCUT2D eigenvalue weighted by Gasteiger charge is 2.33. The van der Waals surface area contributed by atoms with E-state index < -0.39 is 0 Å². The number of rotatable bonds is 2. The normalized spacial score (nSPS) is 13.5. The van der Waals surface area contributed by atoms with E-state index in [0.717, 1.165) is 18.4 Å². The predicted octanol–water partition coefficient (Wildman–Crippen LogP) is 8.98. The lowest BCUT2D eigenvalue weighted by Crippen LogP contribution is -2.32. The molecule has 1 aliphatic rings. The Morgan fingerprint density at radius 2 is 1.54 bits per heavy atom. The molecular weight excluding hydrogens is 468 g/mol. The van der Waals surface area contributed by atoms with Crippen molar-refractivity contribution in [2.24, 2.45) is 17.9 Å². The molecule has 0 N–H and O–H groups in total. The van der Waals surface area contributed by atoms with Gasteiger partial charge in [0.05, 0.1) is 16.5 Å². The van der Waals surface area contributed by atoms with E-state index in [4.69, 9.17) is 4.98 Å². The molecule has 3 aromatic carbocycles. The maximum atomic E-state index is 5.23. The second-order valence-electron chi connectivity index (χ2n) is 13.2. The molecule has 2 aromatic heterocycles. The second kappa shape index (κ2) is 8.30. The van der Waals surface area contributed by atoms with E-state index in [1.54, 1.807) is 0 Å². The Hall–Kier alpha value is -2.91. The van der Waals surface area contributed by atoms with E-state index in [0.29, 0.717) is 0 Å². The van der Waals surface area contributed by atoms with E-state index in [-0.39, 0.29) is 10.8 Å². The number of benzene rings is 3. The van der Waals surface area contributed by atoms with Gasteiger partial charge in [-0.25, -0.2) is 4.57 Å². The molecule has 0 amide bonds. The van der Waals surface area contributed by atoms with Crippen molar-refractivity contribution >= 4 is 44.2 Å². The van der Waals surface area contributed by atoms with Crippen LogP contribution in [0.3, 0.4) is 0 Å². The fourth-order valence-electron chi connectivity index (χ4n) is 6.04. The third-order valence-electron chi connectivity index (χ3n) is 7.50. The number of hydrogen-bond donors (Lipinski definition) is 0.